The van der Waals surface area contributed by atoms with Gasteiger partial charge < -0.3 is 15.5 Å². The Morgan fingerprint density at radius 2 is 2.50 bits per heavy atom. The van der Waals surface area contributed by atoms with Crippen molar-refractivity contribution in [2.75, 3.05) is 11.1 Å². The van der Waals surface area contributed by atoms with E-state index in [0.29, 0.717) is 12.3 Å². The molecule has 3 N–H and O–H groups in total. The van der Waals surface area contributed by atoms with E-state index < -0.39 is 0 Å². The molecule has 0 aliphatic rings. The fraction of sp³-hybridized carbons (Fsp3) is 0.250. The van der Waals surface area contributed by atoms with E-state index >= 15 is 0 Å². The summed E-state index contributed by atoms with van der Waals surface area (Å²) in [5.41, 5.74) is 5.33. The predicted octanol–water partition coefficient (Wildman–Crippen LogP) is 0.602. The molecule has 0 unspecified atom stereocenters. The van der Waals surface area contributed by atoms with Gasteiger partial charge in [0.2, 0.25) is 0 Å². The molecule has 0 atom stereocenters. The normalized spacial score (nSPS) is 10.4. The van der Waals surface area contributed by atoms with Crippen LogP contribution in [0.4, 0.5) is 11.8 Å². The number of nitrogens with zero attached hydrogens (tertiary/aromatic N) is 3. The molecule has 0 saturated heterocycles. The van der Waals surface area contributed by atoms with Crippen LogP contribution in [-0.4, -0.2) is 14.8 Å². The van der Waals surface area contributed by atoms with E-state index in [2.05, 4.69) is 15.4 Å². The van der Waals surface area contributed by atoms with Gasteiger partial charge in [-0.15, -0.1) is 0 Å². The average Bonchev–Trinajstić information content (AvgIpc) is 2.72. The zero-order valence-electron chi connectivity index (χ0n) is 7.77. The van der Waals surface area contributed by atoms with Gasteiger partial charge in [-0.1, -0.05) is 0 Å². The third kappa shape index (κ3) is 1.68. The molecule has 0 radical (unpaired) electrons. The minimum Gasteiger partial charge on any atom is -0.427 e. The Hall–Kier alpha value is -1.98. The fourth-order valence-electron chi connectivity index (χ4n) is 1.13. The van der Waals surface area contributed by atoms with Crippen LogP contribution >= 0.6 is 0 Å². The Labute approximate surface area is 80.7 Å². The second-order valence-corrected chi connectivity index (χ2v) is 2.86. The molecule has 0 aromatic carbocycles. The Kier molecular flexibility index (Phi) is 2.10. The molecule has 0 saturated carbocycles. The third-order valence-electron chi connectivity index (χ3n) is 1.84. The number of anilines is 2. The maximum Gasteiger partial charge on any atom is 0.292 e. The van der Waals surface area contributed by atoms with Crippen molar-refractivity contribution in [1.29, 1.82) is 0 Å². The molecule has 0 bridgehead atoms. The van der Waals surface area contributed by atoms with Crippen molar-refractivity contribution in [2.24, 2.45) is 7.05 Å². The van der Waals surface area contributed by atoms with Gasteiger partial charge in [-0.2, -0.15) is 5.10 Å². The first-order valence-corrected chi connectivity index (χ1v) is 4.18. The zero-order chi connectivity index (χ0) is 9.97. The van der Waals surface area contributed by atoms with Crippen LogP contribution in [0.3, 0.4) is 0 Å². The second kappa shape index (κ2) is 3.41. The lowest BCUT2D eigenvalue weighted by Crippen LogP contribution is -2.03. The lowest BCUT2D eigenvalue weighted by atomic mass is 10.5. The van der Waals surface area contributed by atoms with Gasteiger partial charge in [0.15, 0.2) is 0 Å². The van der Waals surface area contributed by atoms with Crippen LogP contribution in [0.5, 0.6) is 0 Å². The van der Waals surface area contributed by atoms with Crippen molar-refractivity contribution in [2.45, 2.75) is 6.54 Å². The van der Waals surface area contributed by atoms with Crippen LogP contribution in [0.15, 0.2) is 22.9 Å². The van der Waals surface area contributed by atoms with E-state index in [-0.39, 0.29) is 6.01 Å². The molecule has 6 heteroatoms. The van der Waals surface area contributed by atoms with Gasteiger partial charge in [-0.05, 0) is 0 Å². The van der Waals surface area contributed by atoms with Crippen molar-refractivity contribution in [3.63, 3.8) is 0 Å². The minimum absolute atomic E-state index is 0.187. The Morgan fingerprint density at radius 1 is 1.64 bits per heavy atom. The number of aryl methyl sites for hydroxylation is 1. The lowest BCUT2D eigenvalue weighted by Gasteiger charge is -2.02. The summed E-state index contributed by atoms with van der Waals surface area (Å²) >= 11 is 0. The van der Waals surface area contributed by atoms with E-state index in [4.69, 9.17) is 10.2 Å². The number of rotatable bonds is 3. The predicted molar refractivity (Wildman–Crippen MR) is 51.5 cm³/mol. The topological polar surface area (TPSA) is 81.9 Å². The van der Waals surface area contributed by atoms with E-state index in [0.717, 1.165) is 5.82 Å². The highest BCUT2D eigenvalue weighted by molar-refractivity contribution is 5.33. The number of nitrogens with one attached hydrogen (secondary N) is 1. The molecule has 2 aromatic heterocycles. The summed E-state index contributed by atoms with van der Waals surface area (Å²) in [4.78, 5) is 3.79. The van der Waals surface area contributed by atoms with Gasteiger partial charge in [0.25, 0.3) is 6.01 Å². The van der Waals surface area contributed by atoms with Gasteiger partial charge in [0.05, 0.1) is 18.9 Å². The Morgan fingerprint density at radius 3 is 3.07 bits per heavy atom. The van der Waals surface area contributed by atoms with Crippen LogP contribution in [-0.2, 0) is 13.6 Å². The molecule has 0 aliphatic carbocycles. The standard InChI is InChI=1S/C8H11N5O/c1-13-7(2-3-12-13)10-4-6-5-11-8(9)14-6/h2-3,5,10H,4H2,1H3,(H2,9,11). The summed E-state index contributed by atoms with van der Waals surface area (Å²) < 4.78 is 6.83. The summed E-state index contributed by atoms with van der Waals surface area (Å²) in [7, 11) is 1.86. The van der Waals surface area contributed by atoms with E-state index in [1.165, 1.54) is 0 Å². The van der Waals surface area contributed by atoms with Crippen LogP contribution in [0.25, 0.3) is 0 Å². The first-order chi connectivity index (χ1) is 6.75. The molecular formula is C8H11N5O. The van der Waals surface area contributed by atoms with E-state index in [1.807, 2.05) is 13.1 Å². The van der Waals surface area contributed by atoms with Gasteiger partial charge in [0.1, 0.15) is 11.6 Å². The fourth-order valence-corrected chi connectivity index (χ4v) is 1.13. The number of nitrogens with two attached hydrogens (primary N) is 1. The van der Waals surface area contributed by atoms with Gasteiger partial charge in [0, 0.05) is 13.1 Å². The smallest absolute Gasteiger partial charge is 0.292 e. The van der Waals surface area contributed by atoms with Crippen molar-refractivity contribution >= 4 is 11.8 Å². The van der Waals surface area contributed by atoms with Crippen molar-refractivity contribution in [1.82, 2.24) is 14.8 Å². The molecule has 2 rings (SSSR count). The molecule has 2 aromatic rings. The summed E-state index contributed by atoms with van der Waals surface area (Å²) in [6.45, 7) is 0.545. The minimum atomic E-state index is 0.187. The lowest BCUT2D eigenvalue weighted by molar-refractivity contribution is 0.530. The zero-order valence-corrected chi connectivity index (χ0v) is 7.77. The molecule has 0 spiro atoms. The summed E-state index contributed by atoms with van der Waals surface area (Å²) in [6, 6.07) is 2.06. The molecule has 0 amide bonds. The van der Waals surface area contributed by atoms with Crippen LogP contribution in [0, 0.1) is 0 Å². The number of oxazole rings is 1. The Balaban J connectivity index is 1.98. The highest BCUT2D eigenvalue weighted by Gasteiger charge is 2.01. The van der Waals surface area contributed by atoms with E-state index in [1.54, 1.807) is 17.1 Å². The van der Waals surface area contributed by atoms with Crippen molar-refractivity contribution < 1.29 is 4.42 Å². The molecule has 2 heterocycles. The second-order valence-electron chi connectivity index (χ2n) is 2.86. The first kappa shape index (κ1) is 8.61. The average molecular weight is 193 g/mol. The van der Waals surface area contributed by atoms with Gasteiger partial charge in [-0.3, -0.25) is 4.68 Å². The molecule has 0 fully saturated rings. The number of nitrogen functional groups attached to an aromatic ring is 1. The maximum atomic E-state index is 5.33. The molecule has 74 valence electrons. The quantitative estimate of drug-likeness (QED) is 0.746. The third-order valence-corrected chi connectivity index (χ3v) is 1.84. The number of aromatic nitrogens is 3. The molecule has 14 heavy (non-hydrogen) atoms. The molecule has 0 aliphatic heterocycles. The van der Waals surface area contributed by atoms with Crippen molar-refractivity contribution in [3.05, 3.63) is 24.2 Å². The SMILES string of the molecule is Cn1nccc1NCc1cnc(N)o1. The largest absolute Gasteiger partial charge is 0.427 e. The highest BCUT2D eigenvalue weighted by Crippen LogP contribution is 2.09. The Bertz CT molecular complexity index is 419. The molecule has 6 nitrogen and oxygen atoms in total. The molecular weight excluding hydrogens is 182 g/mol. The first-order valence-electron chi connectivity index (χ1n) is 4.18. The van der Waals surface area contributed by atoms with Crippen LogP contribution in [0.2, 0.25) is 0 Å². The van der Waals surface area contributed by atoms with Gasteiger partial charge >= 0.3 is 0 Å². The highest BCUT2D eigenvalue weighted by atomic mass is 16.4. The van der Waals surface area contributed by atoms with E-state index in [9.17, 15) is 0 Å². The van der Waals surface area contributed by atoms with Crippen LogP contribution in [0.1, 0.15) is 5.76 Å². The number of hydrogen-bond acceptors (Lipinski definition) is 5. The van der Waals surface area contributed by atoms with Crippen LogP contribution < -0.4 is 11.1 Å². The summed E-state index contributed by atoms with van der Waals surface area (Å²) in [5.74, 6) is 1.61. The monoisotopic (exact) mass is 193 g/mol. The number of hydrogen-bond donors (Lipinski definition) is 2. The summed E-state index contributed by atoms with van der Waals surface area (Å²) in [5, 5.41) is 7.15. The maximum absolute atomic E-state index is 5.33. The van der Waals surface area contributed by atoms with Crippen molar-refractivity contribution in [3.8, 4) is 0 Å². The van der Waals surface area contributed by atoms with Gasteiger partial charge in [-0.25, -0.2) is 4.98 Å². The summed E-state index contributed by atoms with van der Waals surface area (Å²) in [6.07, 6.45) is 3.32.